The molecular weight excluding hydrogens is 376 g/mol. The number of hydrogen-bond acceptors (Lipinski definition) is 4. The standard InChI is InChI=1S/C26H44O4/c1-6-10-12-21(8-3)18-29-25(27)23-16-14-20(5)15-17-24(23)26(28)30-19-22(9-4)13-11-7-2/h14,16,20-22H,6-13,15,17-19H2,1-5H3. The lowest BCUT2D eigenvalue weighted by Gasteiger charge is -2.17. The molecule has 0 fully saturated rings. The van der Waals surface area contributed by atoms with Crippen LogP contribution in [-0.4, -0.2) is 25.2 Å². The van der Waals surface area contributed by atoms with E-state index in [1.165, 1.54) is 0 Å². The number of carbonyl (C=O) groups is 2. The van der Waals surface area contributed by atoms with E-state index < -0.39 is 0 Å². The Morgan fingerprint density at radius 2 is 1.47 bits per heavy atom. The van der Waals surface area contributed by atoms with Gasteiger partial charge in [-0.2, -0.15) is 0 Å². The lowest BCUT2D eigenvalue weighted by atomic mass is 9.99. The average Bonchev–Trinajstić information content (AvgIpc) is 2.95. The smallest absolute Gasteiger partial charge is 0.338 e. The minimum atomic E-state index is -0.389. The molecule has 0 saturated heterocycles. The Kier molecular flexibility index (Phi) is 13.5. The van der Waals surface area contributed by atoms with Crippen LogP contribution in [0.15, 0.2) is 23.3 Å². The molecule has 0 aliphatic heterocycles. The highest BCUT2D eigenvalue weighted by atomic mass is 16.5. The molecule has 3 atom stereocenters. The number of rotatable bonds is 14. The van der Waals surface area contributed by atoms with Crippen LogP contribution < -0.4 is 0 Å². The molecule has 0 heterocycles. The van der Waals surface area contributed by atoms with Crippen molar-refractivity contribution >= 4 is 11.9 Å². The third-order valence-electron chi connectivity index (χ3n) is 6.22. The van der Waals surface area contributed by atoms with E-state index in [-0.39, 0.29) is 11.9 Å². The van der Waals surface area contributed by atoms with Crippen LogP contribution in [0.1, 0.15) is 98.8 Å². The quantitative estimate of drug-likeness (QED) is 0.290. The van der Waals surface area contributed by atoms with E-state index in [2.05, 4.69) is 34.6 Å². The van der Waals surface area contributed by atoms with Crippen LogP contribution in [-0.2, 0) is 19.1 Å². The second kappa shape index (κ2) is 15.3. The SMILES string of the molecule is CCCCC(CC)COC(=O)C1=C(C(=O)OCC(CC)CCCC)CCC(C)C=C1. The molecule has 30 heavy (non-hydrogen) atoms. The van der Waals surface area contributed by atoms with E-state index in [1.54, 1.807) is 6.08 Å². The van der Waals surface area contributed by atoms with Crippen LogP contribution in [0.3, 0.4) is 0 Å². The van der Waals surface area contributed by atoms with Gasteiger partial charge in [0.25, 0.3) is 0 Å². The first-order valence-electron chi connectivity index (χ1n) is 12.2. The molecule has 0 aromatic rings. The molecule has 4 nitrogen and oxygen atoms in total. The van der Waals surface area contributed by atoms with Crippen LogP contribution in [0, 0.1) is 17.8 Å². The first-order valence-corrected chi connectivity index (χ1v) is 12.2. The molecule has 1 rings (SSSR count). The van der Waals surface area contributed by atoms with Crippen molar-refractivity contribution in [2.24, 2.45) is 17.8 Å². The van der Waals surface area contributed by atoms with Crippen molar-refractivity contribution in [3.63, 3.8) is 0 Å². The van der Waals surface area contributed by atoms with Gasteiger partial charge in [0.1, 0.15) is 0 Å². The molecule has 0 amide bonds. The highest BCUT2D eigenvalue weighted by Crippen LogP contribution is 2.25. The molecule has 172 valence electrons. The Labute approximate surface area is 184 Å². The molecular formula is C26H44O4. The van der Waals surface area contributed by atoms with Gasteiger partial charge >= 0.3 is 11.9 Å². The van der Waals surface area contributed by atoms with Crippen molar-refractivity contribution in [2.45, 2.75) is 98.8 Å². The molecule has 3 unspecified atom stereocenters. The van der Waals surface area contributed by atoms with Crippen molar-refractivity contribution in [3.05, 3.63) is 23.3 Å². The molecule has 1 aliphatic rings. The monoisotopic (exact) mass is 420 g/mol. The van der Waals surface area contributed by atoms with Gasteiger partial charge in [-0.15, -0.1) is 0 Å². The number of carbonyl (C=O) groups excluding carboxylic acids is 2. The Hall–Kier alpha value is -1.58. The largest absolute Gasteiger partial charge is 0.462 e. The zero-order valence-electron chi connectivity index (χ0n) is 20.0. The van der Waals surface area contributed by atoms with Crippen molar-refractivity contribution < 1.29 is 19.1 Å². The van der Waals surface area contributed by atoms with E-state index >= 15 is 0 Å². The van der Waals surface area contributed by atoms with Gasteiger partial charge in [0.15, 0.2) is 0 Å². The molecule has 0 spiro atoms. The summed E-state index contributed by atoms with van der Waals surface area (Å²) in [6.07, 6.45) is 13.9. The fraction of sp³-hybridized carbons (Fsp3) is 0.769. The van der Waals surface area contributed by atoms with E-state index in [4.69, 9.17) is 9.47 Å². The molecule has 0 aromatic carbocycles. The first kappa shape index (κ1) is 26.5. The van der Waals surface area contributed by atoms with Crippen LogP contribution in [0.5, 0.6) is 0 Å². The third-order valence-corrected chi connectivity index (χ3v) is 6.22. The molecule has 0 saturated carbocycles. The van der Waals surface area contributed by atoms with E-state index in [0.29, 0.717) is 48.5 Å². The third kappa shape index (κ3) is 9.49. The number of allylic oxidation sites excluding steroid dienone is 1. The zero-order valence-corrected chi connectivity index (χ0v) is 20.0. The molecule has 4 heteroatoms. The highest BCUT2D eigenvalue weighted by Gasteiger charge is 2.25. The fourth-order valence-corrected chi connectivity index (χ4v) is 3.72. The predicted molar refractivity (Wildman–Crippen MR) is 123 cm³/mol. The second-order valence-corrected chi connectivity index (χ2v) is 8.80. The Bertz CT molecular complexity index is 576. The summed E-state index contributed by atoms with van der Waals surface area (Å²) in [6, 6.07) is 0. The summed E-state index contributed by atoms with van der Waals surface area (Å²) in [7, 11) is 0. The van der Waals surface area contributed by atoms with Gasteiger partial charge < -0.3 is 9.47 Å². The van der Waals surface area contributed by atoms with Crippen molar-refractivity contribution in [1.29, 1.82) is 0 Å². The lowest BCUT2D eigenvalue weighted by molar-refractivity contribution is -0.143. The maximum atomic E-state index is 12.9. The number of unbranched alkanes of at least 4 members (excludes halogenated alkanes) is 2. The molecule has 0 radical (unpaired) electrons. The van der Waals surface area contributed by atoms with Gasteiger partial charge in [-0.1, -0.05) is 85.3 Å². The summed E-state index contributed by atoms with van der Waals surface area (Å²) in [5.74, 6) is 0.337. The van der Waals surface area contributed by atoms with Crippen molar-refractivity contribution in [1.82, 2.24) is 0 Å². The number of esters is 2. The Morgan fingerprint density at radius 3 is 1.97 bits per heavy atom. The second-order valence-electron chi connectivity index (χ2n) is 8.80. The minimum Gasteiger partial charge on any atom is -0.462 e. The molecule has 0 N–H and O–H groups in total. The van der Waals surface area contributed by atoms with E-state index in [0.717, 1.165) is 57.8 Å². The summed E-state index contributed by atoms with van der Waals surface area (Å²) in [6.45, 7) is 11.6. The van der Waals surface area contributed by atoms with Crippen LogP contribution in [0.4, 0.5) is 0 Å². The summed E-state index contributed by atoms with van der Waals surface area (Å²) in [5.41, 5.74) is 0.865. The topological polar surface area (TPSA) is 52.6 Å². The Morgan fingerprint density at radius 1 is 0.933 bits per heavy atom. The normalized spacial score (nSPS) is 18.6. The van der Waals surface area contributed by atoms with Gasteiger partial charge in [-0.3, -0.25) is 0 Å². The summed E-state index contributed by atoms with van der Waals surface area (Å²) >= 11 is 0. The number of ether oxygens (including phenoxy) is 2. The first-order chi connectivity index (χ1) is 14.5. The summed E-state index contributed by atoms with van der Waals surface area (Å²) in [4.78, 5) is 25.7. The maximum absolute atomic E-state index is 12.9. The Balaban J connectivity index is 2.84. The summed E-state index contributed by atoms with van der Waals surface area (Å²) in [5, 5.41) is 0. The van der Waals surface area contributed by atoms with Crippen LogP contribution in [0.25, 0.3) is 0 Å². The van der Waals surface area contributed by atoms with Gasteiger partial charge in [0.05, 0.1) is 24.4 Å². The average molecular weight is 421 g/mol. The zero-order chi connectivity index (χ0) is 22.4. The lowest BCUT2D eigenvalue weighted by Crippen LogP contribution is -2.20. The maximum Gasteiger partial charge on any atom is 0.338 e. The van der Waals surface area contributed by atoms with Gasteiger partial charge in [-0.25, -0.2) is 9.59 Å². The van der Waals surface area contributed by atoms with Gasteiger partial charge in [0, 0.05) is 0 Å². The van der Waals surface area contributed by atoms with Crippen LogP contribution >= 0.6 is 0 Å². The van der Waals surface area contributed by atoms with Gasteiger partial charge in [0.2, 0.25) is 0 Å². The van der Waals surface area contributed by atoms with Crippen molar-refractivity contribution in [2.75, 3.05) is 13.2 Å². The number of hydrogen-bond donors (Lipinski definition) is 0. The molecule has 1 aliphatic carbocycles. The van der Waals surface area contributed by atoms with Crippen molar-refractivity contribution in [3.8, 4) is 0 Å². The van der Waals surface area contributed by atoms with Crippen LogP contribution in [0.2, 0.25) is 0 Å². The van der Waals surface area contributed by atoms with Gasteiger partial charge in [-0.05, 0) is 43.4 Å². The van der Waals surface area contributed by atoms with E-state index in [9.17, 15) is 9.59 Å². The summed E-state index contributed by atoms with van der Waals surface area (Å²) < 4.78 is 11.3. The predicted octanol–water partition coefficient (Wildman–Crippen LogP) is 6.79. The molecule has 0 bridgehead atoms. The fourth-order valence-electron chi connectivity index (χ4n) is 3.72. The minimum absolute atomic E-state index is 0.319. The molecule has 0 aromatic heterocycles. The highest BCUT2D eigenvalue weighted by molar-refractivity contribution is 6.02. The van der Waals surface area contributed by atoms with E-state index in [1.807, 2.05) is 6.08 Å².